The lowest BCUT2D eigenvalue weighted by molar-refractivity contribution is -0.116. The molecule has 1 N–H and O–H groups in total. The molecule has 0 aliphatic carbocycles. The highest BCUT2D eigenvalue weighted by Gasteiger charge is 2.11. The standard InChI is InChI=1S/C19H19N3O2/c1-12-8-13(2)19(14(3)9-12)21-18(24)11-22-16-7-5-4-6-15(16)17(23)10-20-22/h4-10H,11H2,1-3H3,(H,21,24). The summed E-state index contributed by atoms with van der Waals surface area (Å²) in [5.74, 6) is -0.175. The van der Waals surface area contributed by atoms with Gasteiger partial charge in [-0.15, -0.1) is 0 Å². The Morgan fingerprint density at radius 3 is 2.50 bits per heavy atom. The van der Waals surface area contributed by atoms with Crippen LogP contribution in [0.4, 0.5) is 5.69 Å². The number of benzene rings is 2. The third kappa shape index (κ3) is 3.06. The van der Waals surface area contributed by atoms with Crippen molar-refractivity contribution in [2.45, 2.75) is 27.3 Å². The van der Waals surface area contributed by atoms with Gasteiger partial charge in [0.1, 0.15) is 6.54 Å². The quantitative estimate of drug-likeness (QED) is 0.806. The summed E-state index contributed by atoms with van der Waals surface area (Å²) in [6, 6.07) is 11.2. The summed E-state index contributed by atoms with van der Waals surface area (Å²) >= 11 is 0. The van der Waals surface area contributed by atoms with Crippen molar-refractivity contribution in [3.63, 3.8) is 0 Å². The van der Waals surface area contributed by atoms with Crippen molar-refractivity contribution < 1.29 is 4.79 Å². The lowest BCUT2D eigenvalue weighted by Gasteiger charge is -2.14. The van der Waals surface area contributed by atoms with Crippen molar-refractivity contribution in [3.8, 4) is 0 Å². The van der Waals surface area contributed by atoms with Crippen LogP contribution in [0.3, 0.4) is 0 Å². The molecule has 0 aliphatic heterocycles. The average Bonchev–Trinajstić information content (AvgIpc) is 2.54. The van der Waals surface area contributed by atoms with E-state index in [1.807, 2.05) is 39.0 Å². The van der Waals surface area contributed by atoms with Gasteiger partial charge in [0.25, 0.3) is 0 Å². The average molecular weight is 321 g/mol. The van der Waals surface area contributed by atoms with E-state index in [0.717, 1.165) is 22.4 Å². The fraction of sp³-hybridized carbons (Fsp3) is 0.211. The number of amides is 1. The summed E-state index contributed by atoms with van der Waals surface area (Å²) in [7, 11) is 0. The minimum Gasteiger partial charge on any atom is -0.324 e. The van der Waals surface area contributed by atoms with Crippen molar-refractivity contribution >= 4 is 22.5 Å². The van der Waals surface area contributed by atoms with Crippen LogP contribution >= 0.6 is 0 Å². The van der Waals surface area contributed by atoms with Gasteiger partial charge in [-0.1, -0.05) is 29.8 Å². The number of nitrogens with zero attached hydrogens (tertiary/aromatic N) is 2. The molecule has 0 aliphatic rings. The van der Waals surface area contributed by atoms with Crippen molar-refractivity contribution in [3.05, 3.63) is 69.5 Å². The Hall–Kier alpha value is -2.95. The molecule has 0 atom stereocenters. The van der Waals surface area contributed by atoms with E-state index in [9.17, 15) is 9.59 Å². The summed E-state index contributed by atoms with van der Waals surface area (Å²) in [6.45, 7) is 6.03. The fourth-order valence-electron chi connectivity index (χ4n) is 2.98. The highest BCUT2D eigenvalue weighted by Crippen LogP contribution is 2.22. The molecule has 5 nitrogen and oxygen atoms in total. The molecule has 0 fully saturated rings. The molecule has 2 aromatic carbocycles. The Morgan fingerprint density at radius 2 is 1.79 bits per heavy atom. The largest absolute Gasteiger partial charge is 0.324 e. The van der Waals surface area contributed by atoms with E-state index in [0.29, 0.717) is 10.9 Å². The van der Waals surface area contributed by atoms with Crippen LogP contribution in [0.5, 0.6) is 0 Å². The predicted molar refractivity (Wildman–Crippen MR) is 95.3 cm³/mol. The molecule has 0 saturated carbocycles. The molecule has 1 aromatic heterocycles. The lowest BCUT2D eigenvalue weighted by atomic mass is 10.1. The molecule has 0 spiro atoms. The predicted octanol–water partition coefficient (Wildman–Crippen LogP) is 2.96. The molecular formula is C19H19N3O2. The van der Waals surface area contributed by atoms with Gasteiger partial charge < -0.3 is 5.32 Å². The van der Waals surface area contributed by atoms with Crippen LogP contribution in [0.15, 0.2) is 47.4 Å². The third-order valence-electron chi connectivity index (χ3n) is 4.00. The van der Waals surface area contributed by atoms with Gasteiger partial charge in [0, 0.05) is 11.1 Å². The van der Waals surface area contributed by atoms with Crippen LogP contribution in [-0.4, -0.2) is 15.7 Å². The first kappa shape index (κ1) is 15.9. The van der Waals surface area contributed by atoms with Crippen molar-refractivity contribution in [1.29, 1.82) is 0 Å². The van der Waals surface area contributed by atoms with Gasteiger partial charge in [0.2, 0.25) is 11.3 Å². The van der Waals surface area contributed by atoms with E-state index in [4.69, 9.17) is 0 Å². The topological polar surface area (TPSA) is 64.0 Å². The number of nitrogens with one attached hydrogen (secondary N) is 1. The Kier molecular flexibility index (Phi) is 4.16. The maximum Gasteiger partial charge on any atom is 0.246 e. The molecule has 0 unspecified atom stereocenters. The maximum atomic E-state index is 12.4. The Balaban J connectivity index is 1.89. The first-order valence-electron chi connectivity index (χ1n) is 7.78. The number of hydrogen-bond acceptors (Lipinski definition) is 3. The second-order valence-electron chi connectivity index (χ2n) is 6.01. The summed E-state index contributed by atoms with van der Waals surface area (Å²) in [4.78, 5) is 24.3. The van der Waals surface area contributed by atoms with E-state index >= 15 is 0 Å². The van der Waals surface area contributed by atoms with Gasteiger partial charge >= 0.3 is 0 Å². The van der Waals surface area contributed by atoms with E-state index < -0.39 is 0 Å². The van der Waals surface area contributed by atoms with Gasteiger partial charge in [-0.3, -0.25) is 14.3 Å². The minimum absolute atomic E-state index is 0.0492. The van der Waals surface area contributed by atoms with Gasteiger partial charge in [0.15, 0.2) is 0 Å². The fourth-order valence-corrected chi connectivity index (χ4v) is 2.98. The molecule has 24 heavy (non-hydrogen) atoms. The number of anilines is 1. The van der Waals surface area contributed by atoms with Crippen LogP contribution in [-0.2, 0) is 11.3 Å². The number of carbonyl (C=O) groups is 1. The van der Waals surface area contributed by atoms with Gasteiger partial charge in [-0.2, -0.15) is 5.10 Å². The molecule has 122 valence electrons. The molecule has 1 heterocycles. The number of hydrogen-bond donors (Lipinski definition) is 1. The Labute approximate surface area is 139 Å². The zero-order chi connectivity index (χ0) is 17.3. The molecule has 0 saturated heterocycles. The lowest BCUT2D eigenvalue weighted by Crippen LogP contribution is -2.23. The number of carbonyl (C=O) groups excluding carboxylic acids is 1. The SMILES string of the molecule is Cc1cc(C)c(NC(=O)Cn2ncc(=O)c3ccccc32)c(C)c1. The van der Waals surface area contributed by atoms with Crippen molar-refractivity contribution in [2.24, 2.45) is 0 Å². The molecule has 1 amide bonds. The minimum atomic E-state index is -0.175. The number of para-hydroxylation sites is 1. The maximum absolute atomic E-state index is 12.4. The van der Waals surface area contributed by atoms with Crippen molar-refractivity contribution in [2.75, 3.05) is 5.32 Å². The smallest absolute Gasteiger partial charge is 0.246 e. The zero-order valence-electron chi connectivity index (χ0n) is 14.0. The summed E-state index contributed by atoms with van der Waals surface area (Å²) in [5, 5.41) is 7.60. The van der Waals surface area contributed by atoms with Gasteiger partial charge in [-0.25, -0.2) is 0 Å². The number of fused-ring (bicyclic) bond motifs is 1. The molecule has 5 heteroatoms. The zero-order valence-corrected chi connectivity index (χ0v) is 14.0. The van der Waals surface area contributed by atoms with Gasteiger partial charge in [-0.05, 0) is 44.0 Å². The first-order chi connectivity index (χ1) is 11.5. The Bertz CT molecular complexity index is 966. The molecule has 3 rings (SSSR count). The summed E-state index contributed by atoms with van der Waals surface area (Å²) in [5.41, 5.74) is 4.55. The number of rotatable bonds is 3. The second kappa shape index (κ2) is 6.28. The van der Waals surface area contributed by atoms with E-state index in [-0.39, 0.29) is 17.9 Å². The van der Waals surface area contributed by atoms with Crippen LogP contribution in [0.1, 0.15) is 16.7 Å². The molecule has 3 aromatic rings. The highest BCUT2D eigenvalue weighted by molar-refractivity contribution is 5.93. The van der Waals surface area contributed by atoms with Gasteiger partial charge in [0.05, 0.1) is 11.7 Å². The van der Waals surface area contributed by atoms with E-state index in [2.05, 4.69) is 10.4 Å². The number of aromatic nitrogens is 2. The van der Waals surface area contributed by atoms with Crippen molar-refractivity contribution in [1.82, 2.24) is 9.78 Å². The first-order valence-corrected chi connectivity index (χ1v) is 7.78. The molecular weight excluding hydrogens is 302 g/mol. The third-order valence-corrected chi connectivity index (χ3v) is 4.00. The molecule has 0 bridgehead atoms. The van der Waals surface area contributed by atoms with Crippen LogP contribution < -0.4 is 10.7 Å². The van der Waals surface area contributed by atoms with E-state index in [1.165, 1.54) is 6.20 Å². The van der Waals surface area contributed by atoms with Crippen LogP contribution in [0, 0.1) is 20.8 Å². The Morgan fingerprint density at radius 1 is 1.12 bits per heavy atom. The van der Waals surface area contributed by atoms with Crippen LogP contribution in [0.2, 0.25) is 0 Å². The monoisotopic (exact) mass is 321 g/mol. The van der Waals surface area contributed by atoms with E-state index in [1.54, 1.807) is 22.9 Å². The number of aryl methyl sites for hydroxylation is 3. The summed E-state index contributed by atoms with van der Waals surface area (Å²) < 4.78 is 1.55. The highest BCUT2D eigenvalue weighted by atomic mass is 16.2. The molecule has 0 radical (unpaired) electrons. The second-order valence-corrected chi connectivity index (χ2v) is 6.01. The van der Waals surface area contributed by atoms with Crippen LogP contribution in [0.25, 0.3) is 10.9 Å². The summed E-state index contributed by atoms with van der Waals surface area (Å²) in [6.07, 6.45) is 1.25. The normalized spacial score (nSPS) is 10.8.